The normalized spacial score (nSPS) is 19.9. The maximum Gasteiger partial charge on any atom is 0.407 e. The quantitative estimate of drug-likeness (QED) is 0.264. The Morgan fingerprint density at radius 2 is 1.30 bits per heavy atom. The molecule has 3 aromatic rings. The lowest BCUT2D eigenvalue weighted by molar-refractivity contribution is -0.135. The number of nitrogens with zero attached hydrogens (tertiary/aromatic N) is 4. The SMILES string of the molecule is COC(=O)NCC(=O)N1CC(C)CC1c1ncc(C#Cc2cc(C)c(C#Cc3cnc(C4CC(C)CN4C(=O)C(NC(=O)OC)C(C)C)[nH]3)cc2C)[nH]1. The predicted molar refractivity (Wildman–Crippen MR) is 196 cm³/mol. The zero-order chi connectivity index (χ0) is 38.4. The van der Waals surface area contributed by atoms with Crippen LogP contribution >= 0.6 is 0 Å². The van der Waals surface area contributed by atoms with Gasteiger partial charge >= 0.3 is 12.2 Å². The molecule has 2 aromatic heterocycles. The molecule has 4 heterocycles. The van der Waals surface area contributed by atoms with E-state index in [-0.39, 0.29) is 48.2 Å². The first kappa shape index (κ1) is 38.5. The Hall–Kier alpha value is -5.76. The molecule has 2 aliphatic rings. The van der Waals surface area contributed by atoms with Gasteiger partial charge in [-0.2, -0.15) is 0 Å². The first-order valence-corrected chi connectivity index (χ1v) is 17.8. The van der Waals surface area contributed by atoms with Gasteiger partial charge in [-0.3, -0.25) is 9.59 Å². The third-order valence-electron chi connectivity index (χ3n) is 9.64. The lowest BCUT2D eigenvalue weighted by atomic mass is 10.0. The standard InChI is InChI=1S/C39H48N8O6/c1-22(2)34(45-39(51)53-8)37(49)47-21-24(4)14-32(47)36-41-18-30(44-36)12-10-28-16-25(5)27(15-26(28)6)9-11-29-17-40-35(43-29)31-13-23(3)20-46(31)33(48)19-42-38(50)52-7/h15-18,22-24,31-32,34H,13-14,19-21H2,1-8H3,(H,40,43)(H,41,44)(H,42,50)(H,45,51). The van der Waals surface area contributed by atoms with Crippen molar-refractivity contribution < 1.29 is 28.7 Å². The van der Waals surface area contributed by atoms with Gasteiger partial charge in [0.15, 0.2) is 0 Å². The fourth-order valence-electron chi connectivity index (χ4n) is 6.82. The Balaban J connectivity index is 1.27. The van der Waals surface area contributed by atoms with E-state index in [2.05, 4.69) is 72.8 Å². The number of amides is 4. The summed E-state index contributed by atoms with van der Waals surface area (Å²) in [5.41, 5.74) is 4.90. The Morgan fingerprint density at radius 1 is 0.811 bits per heavy atom. The van der Waals surface area contributed by atoms with Gasteiger partial charge in [0.1, 0.15) is 35.6 Å². The smallest absolute Gasteiger partial charge is 0.407 e. The van der Waals surface area contributed by atoms with Crippen molar-refractivity contribution in [1.29, 1.82) is 0 Å². The van der Waals surface area contributed by atoms with Crippen LogP contribution < -0.4 is 10.6 Å². The van der Waals surface area contributed by atoms with Crippen LogP contribution in [0.15, 0.2) is 24.5 Å². The summed E-state index contributed by atoms with van der Waals surface area (Å²) in [5.74, 6) is 14.2. The van der Waals surface area contributed by atoms with Crippen molar-refractivity contribution in [2.75, 3.05) is 33.9 Å². The number of ether oxygens (including phenoxy) is 2. The average Bonchev–Trinajstić information content (AvgIpc) is 3.95. The predicted octanol–water partition coefficient (Wildman–Crippen LogP) is 4.10. The van der Waals surface area contributed by atoms with Gasteiger partial charge in [-0.25, -0.2) is 19.6 Å². The number of H-pyrrole nitrogens is 2. The number of aromatic nitrogens is 4. The van der Waals surface area contributed by atoms with Crippen LogP contribution in [0.5, 0.6) is 0 Å². The van der Waals surface area contributed by atoms with Gasteiger partial charge in [0.25, 0.3) is 0 Å². The van der Waals surface area contributed by atoms with Crippen LogP contribution in [0.4, 0.5) is 9.59 Å². The zero-order valence-corrected chi connectivity index (χ0v) is 31.5. The Bertz CT molecular complexity index is 1980. The van der Waals surface area contributed by atoms with Crippen LogP contribution in [0.25, 0.3) is 0 Å². The van der Waals surface area contributed by atoms with E-state index in [4.69, 9.17) is 4.74 Å². The summed E-state index contributed by atoms with van der Waals surface area (Å²) in [6.07, 6.45) is 3.55. The van der Waals surface area contributed by atoms with Crippen LogP contribution in [0.1, 0.15) is 97.9 Å². The summed E-state index contributed by atoms with van der Waals surface area (Å²) < 4.78 is 9.33. The largest absolute Gasteiger partial charge is 0.453 e. The molecule has 14 nitrogen and oxygen atoms in total. The minimum Gasteiger partial charge on any atom is -0.453 e. The molecule has 4 N–H and O–H groups in total. The summed E-state index contributed by atoms with van der Waals surface area (Å²) in [5, 5.41) is 5.14. The van der Waals surface area contributed by atoms with Crippen molar-refractivity contribution in [3.05, 3.63) is 69.8 Å². The topological polar surface area (TPSA) is 175 Å². The number of nitrogens with one attached hydrogen (secondary N) is 4. The highest BCUT2D eigenvalue weighted by Gasteiger charge is 2.40. The zero-order valence-electron chi connectivity index (χ0n) is 31.5. The van der Waals surface area contributed by atoms with Gasteiger partial charge in [0.2, 0.25) is 11.8 Å². The summed E-state index contributed by atoms with van der Waals surface area (Å²) in [6, 6.07) is 2.80. The molecule has 5 atom stereocenters. The number of methoxy groups -OCH3 is 2. The van der Waals surface area contributed by atoms with E-state index in [1.807, 2.05) is 39.8 Å². The van der Waals surface area contributed by atoms with Gasteiger partial charge in [0.05, 0.1) is 38.7 Å². The average molecular weight is 725 g/mol. The number of aryl methyl sites for hydroxylation is 2. The fraction of sp³-hybridized carbons (Fsp3) is 0.487. The lowest BCUT2D eigenvalue weighted by Gasteiger charge is -2.30. The van der Waals surface area contributed by atoms with E-state index < -0.39 is 18.2 Å². The van der Waals surface area contributed by atoms with Crippen LogP contribution in [0.3, 0.4) is 0 Å². The molecule has 280 valence electrons. The molecule has 5 unspecified atom stereocenters. The van der Waals surface area contributed by atoms with Crippen LogP contribution in [-0.2, 0) is 19.1 Å². The van der Waals surface area contributed by atoms with Gasteiger partial charge in [-0.05, 0) is 79.5 Å². The lowest BCUT2D eigenvalue weighted by Crippen LogP contribution is -2.51. The molecule has 0 saturated carbocycles. The molecule has 1 aromatic carbocycles. The van der Waals surface area contributed by atoms with E-state index >= 15 is 0 Å². The third-order valence-corrected chi connectivity index (χ3v) is 9.64. The van der Waals surface area contributed by atoms with Gasteiger partial charge < -0.3 is 39.9 Å². The molecule has 2 fully saturated rings. The molecule has 0 bridgehead atoms. The minimum atomic E-state index is -0.714. The summed E-state index contributed by atoms with van der Waals surface area (Å²) >= 11 is 0. The molecule has 0 radical (unpaired) electrons. The molecule has 14 heteroatoms. The second-order valence-corrected chi connectivity index (χ2v) is 14.3. The van der Waals surface area contributed by atoms with E-state index in [0.717, 1.165) is 35.1 Å². The number of carbonyl (C=O) groups excluding carboxylic acids is 4. The van der Waals surface area contributed by atoms with Crippen molar-refractivity contribution in [1.82, 2.24) is 40.4 Å². The highest BCUT2D eigenvalue weighted by molar-refractivity contribution is 5.86. The number of carbonyl (C=O) groups is 4. The maximum absolute atomic E-state index is 13.6. The van der Waals surface area contributed by atoms with Crippen molar-refractivity contribution in [3.8, 4) is 23.7 Å². The highest BCUT2D eigenvalue weighted by atomic mass is 16.5. The molecular weight excluding hydrogens is 676 g/mol. The van der Waals surface area contributed by atoms with Gasteiger partial charge in [-0.1, -0.05) is 39.5 Å². The van der Waals surface area contributed by atoms with Crippen molar-refractivity contribution in [2.24, 2.45) is 17.8 Å². The van der Waals surface area contributed by atoms with E-state index in [9.17, 15) is 19.2 Å². The number of rotatable bonds is 7. The molecule has 5 rings (SSSR count). The van der Waals surface area contributed by atoms with Crippen LogP contribution in [0, 0.1) is 55.3 Å². The highest BCUT2D eigenvalue weighted by Crippen LogP contribution is 2.35. The van der Waals surface area contributed by atoms with Gasteiger partial charge in [0, 0.05) is 24.2 Å². The number of aromatic amines is 2. The summed E-state index contributed by atoms with van der Waals surface area (Å²) in [6.45, 7) is 12.9. The summed E-state index contributed by atoms with van der Waals surface area (Å²) in [4.78, 5) is 69.1. The molecule has 4 amide bonds. The third kappa shape index (κ3) is 9.19. The second-order valence-electron chi connectivity index (χ2n) is 14.3. The molecule has 0 aliphatic carbocycles. The minimum absolute atomic E-state index is 0.126. The van der Waals surface area contributed by atoms with Crippen LogP contribution in [0.2, 0.25) is 0 Å². The van der Waals surface area contributed by atoms with E-state index in [1.165, 1.54) is 14.2 Å². The van der Waals surface area contributed by atoms with E-state index in [0.29, 0.717) is 36.1 Å². The summed E-state index contributed by atoms with van der Waals surface area (Å²) in [7, 11) is 2.54. The van der Waals surface area contributed by atoms with Crippen molar-refractivity contribution >= 4 is 24.0 Å². The Labute approximate surface area is 310 Å². The van der Waals surface area contributed by atoms with Crippen molar-refractivity contribution in [3.63, 3.8) is 0 Å². The van der Waals surface area contributed by atoms with Crippen molar-refractivity contribution in [2.45, 2.75) is 72.5 Å². The van der Waals surface area contributed by atoms with E-state index in [1.54, 1.807) is 22.2 Å². The Morgan fingerprint density at radius 3 is 1.79 bits per heavy atom. The molecule has 2 aliphatic heterocycles. The van der Waals surface area contributed by atoms with Gasteiger partial charge in [-0.15, -0.1) is 0 Å². The number of benzene rings is 1. The molecule has 2 saturated heterocycles. The molecule has 0 spiro atoms. The number of imidazole rings is 2. The number of likely N-dealkylation sites (tertiary alicyclic amines) is 2. The number of hydrogen-bond donors (Lipinski definition) is 4. The second kappa shape index (κ2) is 16.7. The molecule has 53 heavy (non-hydrogen) atoms. The first-order valence-electron chi connectivity index (χ1n) is 17.8. The van der Waals surface area contributed by atoms with Crippen LogP contribution in [-0.4, -0.2) is 93.6 Å². The Kier molecular flexibility index (Phi) is 12.1. The number of alkyl carbamates (subject to hydrolysis) is 2. The monoisotopic (exact) mass is 724 g/mol. The number of hydrogen-bond acceptors (Lipinski definition) is 8. The fourth-order valence-corrected chi connectivity index (χ4v) is 6.82. The molecular formula is C39H48N8O6. The maximum atomic E-state index is 13.6. The first-order chi connectivity index (χ1) is 25.3.